The van der Waals surface area contributed by atoms with Crippen LogP contribution in [-0.4, -0.2) is 57.9 Å². The van der Waals surface area contributed by atoms with Crippen LogP contribution < -0.4 is 10.5 Å². The van der Waals surface area contributed by atoms with Gasteiger partial charge in [-0.15, -0.1) is 0 Å². The van der Waals surface area contributed by atoms with Gasteiger partial charge in [-0.25, -0.2) is 9.67 Å². The molecule has 0 radical (unpaired) electrons. The van der Waals surface area contributed by atoms with E-state index in [0.717, 1.165) is 6.54 Å². The molecule has 0 saturated carbocycles. The Hall–Kier alpha value is -2.52. The van der Waals surface area contributed by atoms with Crippen LogP contribution in [-0.2, 0) is 0 Å². The number of benzene rings is 1. The van der Waals surface area contributed by atoms with Crippen LogP contribution in [0.3, 0.4) is 0 Å². The Bertz CT molecular complexity index is 672. The van der Waals surface area contributed by atoms with Crippen molar-refractivity contribution in [2.24, 2.45) is 5.73 Å². The zero-order valence-electron chi connectivity index (χ0n) is 13.2. The summed E-state index contributed by atoms with van der Waals surface area (Å²) in [5.41, 5.74) is 6.07. The average Bonchev–Trinajstić information content (AvgIpc) is 2.93. The lowest BCUT2D eigenvalue weighted by molar-refractivity contribution is -0.384. The SMILES string of the molecule is Cc1ncn(-c2ccc([N+](=O)[O-])cc2OCCN(C)CCN)n1. The van der Waals surface area contributed by atoms with Crippen molar-refractivity contribution in [1.82, 2.24) is 19.7 Å². The van der Waals surface area contributed by atoms with E-state index in [4.69, 9.17) is 10.5 Å². The Labute approximate surface area is 133 Å². The normalized spacial score (nSPS) is 11.0. The number of nitro groups is 1. The first kappa shape index (κ1) is 16.8. The highest BCUT2D eigenvalue weighted by molar-refractivity contribution is 5.52. The number of nitro benzene ring substituents is 1. The molecule has 2 aromatic rings. The largest absolute Gasteiger partial charge is 0.490 e. The number of nitrogens with two attached hydrogens (primary N) is 1. The van der Waals surface area contributed by atoms with Crippen LogP contribution in [0.5, 0.6) is 5.75 Å². The lowest BCUT2D eigenvalue weighted by atomic mass is 10.2. The molecule has 1 aromatic carbocycles. The summed E-state index contributed by atoms with van der Waals surface area (Å²) >= 11 is 0. The van der Waals surface area contributed by atoms with Crippen molar-refractivity contribution in [3.8, 4) is 11.4 Å². The number of non-ortho nitro benzene ring substituents is 1. The second-order valence-electron chi connectivity index (χ2n) is 5.09. The molecule has 0 saturated heterocycles. The summed E-state index contributed by atoms with van der Waals surface area (Å²) in [4.78, 5) is 16.6. The quantitative estimate of drug-likeness (QED) is 0.564. The molecule has 1 aromatic heterocycles. The van der Waals surface area contributed by atoms with Crippen molar-refractivity contribution in [2.75, 3.05) is 33.3 Å². The predicted molar refractivity (Wildman–Crippen MR) is 84.8 cm³/mol. The maximum absolute atomic E-state index is 11.0. The van der Waals surface area contributed by atoms with E-state index in [-0.39, 0.29) is 5.69 Å². The van der Waals surface area contributed by atoms with Gasteiger partial charge in [-0.05, 0) is 20.0 Å². The van der Waals surface area contributed by atoms with Crippen LogP contribution in [0.25, 0.3) is 5.69 Å². The van der Waals surface area contributed by atoms with Crippen molar-refractivity contribution in [2.45, 2.75) is 6.92 Å². The zero-order valence-corrected chi connectivity index (χ0v) is 13.2. The Kier molecular flexibility index (Phi) is 5.61. The summed E-state index contributed by atoms with van der Waals surface area (Å²) in [5.74, 6) is 1.00. The number of aryl methyl sites for hydroxylation is 1. The third kappa shape index (κ3) is 4.47. The van der Waals surface area contributed by atoms with Gasteiger partial charge in [0.1, 0.15) is 24.4 Å². The van der Waals surface area contributed by atoms with Crippen molar-refractivity contribution < 1.29 is 9.66 Å². The van der Waals surface area contributed by atoms with Gasteiger partial charge < -0.3 is 15.4 Å². The number of rotatable bonds is 8. The Balaban J connectivity index is 2.19. The summed E-state index contributed by atoms with van der Waals surface area (Å²) in [6, 6.07) is 4.42. The van der Waals surface area contributed by atoms with Gasteiger partial charge in [-0.2, -0.15) is 5.10 Å². The molecule has 23 heavy (non-hydrogen) atoms. The summed E-state index contributed by atoms with van der Waals surface area (Å²) < 4.78 is 7.27. The van der Waals surface area contributed by atoms with Crippen LogP contribution in [0.1, 0.15) is 5.82 Å². The van der Waals surface area contributed by atoms with Gasteiger partial charge in [0, 0.05) is 25.7 Å². The van der Waals surface area contributed by atoms with Gasteiger partial charge in [0.15, 0.2) is 5.75 Å². The van der Waals surface area contributed by atoms with E-state index >= 15 is 0 Å². The fraction of sp³-hybridized carbons (Fsp3) is 0.429. The number of hydrogen-bond donors (Lipinski definition) is 1. The van der Waals surface area contributed by atoms with Gasteiger partial charge in [-0.3, -0.25) is 10.1 Å². The highest BCUT2D eigenvalue weighted by Crippen LogP contribution is 2.27. The van der Waals surface area contributed by atoms with Gasteiger partial charge in [-0.1, -0.05) is 0 Å². The maximum Gasteiger partial charge on any atom is 0.273 e. The molecule has 0 fully saturated rings. The first-order valence-electron chi connectivity index (χ1n) is 7.19. The summed E-state index contributed by atoms with van der Waals surface area (Å²) in [7, 11) is 1.94. The molecular weight excluding hydrogens is 300 g/mol. The standard InChI is InChI=1S/C14H20N6O3/c1-11-16-10-19(17-11)13-4-3-12(20(21)22)9-14(13)23-8-7-18(2)6-5-15/h3-4,9-10H,5-8,15H2,1-2H3. The number of aromatic nitrogens is 3. The highest BCUT2D eigenvalue weighted by Gasteiger charge is 2.14. The summed E-state index contributed by atoms with van der Waals surface area (Å²) in [6.45, 7) is 4.14. The molecule has 124 valence electrons. The third-order valence-electron chi connectivity index (χ3n) is 3.25. The van der Waals surface area contributed by atoms with Crippen LogP contribution in [0, 0.1) is 17.0 Å². The zero-order chi connectivity index (χ0) is 16.8. The van der Waals surface area contributed by atoms with Crippen LogP contribution in [0.15, 0.2) is 24.5 Å². The smallest absolute Gasteiger partial charge is 0.273 e. The molecule has 9 heteroatoms. The molecule has 2 rings (SSSR count). The predicted octanol–water partition coefficient (Wildman–Crippen LogP) is 0.753. The minimum Gasteiger partial charge on any atom is -0.490 e. The van der Waals surface area contributed by atoms with E-state index in [1.54, 1.807) is 19.3 Å². The van der Waals surface area contributed by atoms with E-state index in [2.05, 4.69) is 10.1 Å². The fourth-order valence-electron chi connectivity index (χ4n) is 2.03. The van der Waals surface area contributed by atoms with E-state index in [0.29, 0.717) is 37.0 Å². The van der Waals surface area contributed by atoms with Crippen LogP contribution in [0.4, 0.5) is 5.69 Å². The molecule has 2 N–H and O–H groups in total. The molecule has 0 bridgehead atoms. The maximum atomic E-state index is 11.0. The first-order valence-corrected chi connectivity index (χ1v) is 7.19. The Morgan fingerprint density at radius 3 is 2.83 bits per heavy atom. The van der Waals surface area contributed by atoms with Crippen molar-refractivity contribution in [3.05, 3.63) is 40.5 Å². The molecule has 0 spiro atoms. The van der Waals surface area contributed by atoms with Gasteiger partial charge in [0.05, 0.1) is 11.0 Å². The second kappa shape index (κ2) is 7.65. The van der Waals surface area contributed by atoms with Crippen LogP contribution in [0.2, 0.25) is 0 Å². The molecule has 9 nitrogen and oxygen atoms in total. The minimum atomic E-state index is -0.455. The lowest BCUT2D eigenvalue weighted by Gasteiger charge is -2.16. The van der Waals surface area contributed by atoms with Crippen LogP contribution >= 0.6 is 0 Å². The van der Waals surface area contributed by atoms with E-state index in [1.165, 1.54) is 16.8 Å². The second-order valence-corrected chi connectivity index (χ2v) is 5.09. The number of ether oxygens (including phenoxy) is 1. The van der Waals surface area contributed by atoms with Gasteiger partial charge in [0.25, 0.3) is 5.69 Å². The molecular formula is C14H20N6O3. The number of nitrogens with zero attached hydrogens (tertiary/aromatic N) is 5. The highest BCUT2D eigenvalue weighted by atomic mass is 16.6. The Morgan fingerprint density at radius 2 is 2.22 bits per heavy atom. The van der Waals surface area contributed by atoms with E-state index in [1.807, 2.05) is 11.9 Å². The van der Waals surface area contributed by atoms with E-state index < -0.39 is 4.92 Å². The molecule has 0 atom stereocenters. The minimum absolute atomic E-state index is 0.0316. The third-order valence-corrected chi connectivity index (χ3v) is 3.25. The number of likely N-dealkylation sites (N-methyl/N-ethyl adjacent to an activating group) is 1. The van der Waals surface area contributed by atoms with Gasteiger partial charge in [0.2, 0.25) is 0 Å². The summed E-state index contributed by atoms with van der Waals surface area (Å²) in [6.07, 6.45) is 1.55. The van der Waals surface area contributed by atoms with Crippen molar-refractivity contribution in [1.29, 1.82) is 0 Å². The first-order chi connectivity index (χ1) is 11.0. The molecule has 1 heterocycles. The number of hydrogen-bond acceptors (Lipinski definition) is 7. The van der Waals surface area contributed by atoms with Crippen molar-refractivity contribution >= 4 is 5.69 Å². The average molecular weight is 320 g/mol. The molecule has 0 aliphatic rings. The molecule has 0 aliphatic carbocycles. The van der Waals surface area contributed by atoms with Crippen molar-refractivity contribution in [3.63, 3.8) is 0 Å². The Morgan fingerprint density at radius 1 is 1.43 bits per heavy atom. The van der Waals surface area contributed by atoms with Gasteiger partial charge >= 0.3 is 0 Å². The van der Waals surface area contributed by atoms with E-state index in [9.17, 15) is 10.1 Å². The monoisotopic (exact) mass is 320 g/mol. The topological polar surface area (TPSA) is 112 Å². The molecule has 0 aliphatic heterocycles. The summed E-state index contributed by atoms with van der Waals surface area (Å²) in [5, 5.41) is 15.2. The molecule has 0 unspecified atom stereocenters. The molecule has 0 amide bonds. The fourth-order valence-corrected chi connectivity index (χ4v) is 2.03. The lowest BCUT2D eigenvalue weighted by Crippen LogP contribution is -2.29.